The quantitative estimate of drug-likeness (QED) is 0.443. The molecule has 0 unspecified atom stereocenters. The van der Waals surface area contributed by atoms with Crippen LogP contribution >= 0.6 is 0 Å². The molecule has 0 saturated heterocycles. The summed E-state index contributed by atoms with van der Waals surface area (Å²) in [6, 6.07) is 7.16. The van der Waals surface area contributed by atoms with Crippen LogP contribution < -0.4 is 0 Å². The second-order valence-corrected chi connectivity index (χ2v) is 6.66. The monoisotopic (exact) mass is 416 g/mol. The number of allylic oxidation sites excluding steroid dienone is 4. The van der Waals surface area contributed by atoms with E-state index in [1.807, 2.05) is 0 Å². The number of benzene rings is 2. The maximum Gasteiger partial charge on any atom is 0.338 e. The van der Waals surface area contributed by atoms with Crippen LogP contribution in [-0.4, -0.2) is 35.9 Å². The van der Waals surface area contributed by atoms with Crippen molar-refractivity contribution in [3.63, 3.8) is 0 Å². The van der Waals surface area contributed by atoms with Gasteiger partial charge in [0.05, 0.1) is 16.7 Å². The summed E-state index contributed by atoms with van der Waals surface area (Å²) in [7, 11) is 3.09. The lowest BCUT2D eigenvalue weighted by molar-refractivity contribution is -0.132. The Morgan fingerprint density at radius 1 is 0.933 bits per heavy atom. The number of nitrogens with zero attached hydrogens (tertiary/aromatic N) is 2. The first-order valence-electron chi connectivity index (χ1n) is 8.67. The molecular weight excluding hydrogens is 400 g/mol. The van der Waals surface area contributed by atoms with Crippen LogP contribution in [0.5, 0.6) is 0 Å². The van der Waals surface area contributed by atoms with Crippen LogP contribution in [0, 0.1) is 23.3 Å². The molecule has 1 aliphatic carbocycles. The van der Waals surface area contributed by atoms with Crippen molar-refractivity contribution in [1.29, 1.82) is 0 Å². The fourth-order valence-corrected chi connectivity index (χ4v) is 3.06. The molecule has 1 aliphatic rings. The van der Waals surface area contributed by atoms with Gasteiger partial charge in [-0.2, -0.15) is 5.10 Å². The number of hydrogen-bond acceptors (Lipinski definition) is 3. The first kappa shape index (κ1) is 21.0. The predicted octanol–water partition coefficient (Wildman–Crippen LogP) is 4.79. The van der Waals surface area contributed by atoms with Crippen LogP contribution in [0.3, 0.4) is 0 Å². The van der Waals surface area contributed by atoms with E-state index in [-0.39, 0.29) is 22.4 Å². The smallest absolute Gasteiger partial charge is 0.338 e. The fraction of sp³-hybridized carbons (Fsp3) is 0.0909. The molecule has 0 aliphatic heterocycles. The summed E-state index contributed by atoms with van der Waals surface area (Å²) >= 11 is 0. The molecule has 8 heteroatoms. The summed E-state index contributed by atoms with van der Waals surface area (Å²) in [5.74, 6) is -7.88. The van der Waals surface area contributed by atoms with Crippen molar-refractivity contribution in [3.8, 4) is 11.1 Å². The van der Waals surface area contributed by atoms with E-state index < -0.39 is 45.9 Å². The molecule has 0 saturated carbocycles. The topological polar surface area (TPSA) is 52.9 Å². The van der Waals surface area contributed by atoms with Crippen molar-refractivity contribution in [1.82, 2.24) is 5.01 Å². The lowest BCUT2D eigenvalue weighted by Gasteiger charge is -2.19. The molecule has 154 valence electrons. The van der Waals surface area contributed by atoms with E-state index in [0.717, 1.165) is 12.2 Å². The van der Waals surface area contributed by atoms with Crippen LogP contribution in [-0.2, 0) is 4.79 Å². The number of carboxylic acid groups (broad SMARTS) is 1. The van der Waals surface area contributed by atoms with Crippen LogP contribution in [0.25, 0.3) is 16.7 Å². The second kappa shape index (κ2) is 7.98. The number of carboxylic acids is 1. The standard InChI is InChI=1S/C22H16F4N2O2/c1-11-9-13(10-14(22(29)30)21(11)27-28(2)3)16-19(25)17(23)15(18(24)20(16)26)12-7-5-4-6-8-12/h4-10H,1H2,2-3H3,(H,29,30)/b27-21+. The maximum atomic E-state index is 14.9. The fourth-order valence-electron chi connectivity index (χ4n) is 3.06. The maximum absolute atomic E-state index is 14.9. The second-order valence-electron chi connectivity index (χ2n) is 6.66. The number of aliphatic carboxylic acids is 1. The predicted molar refractivity (Wildman–Crippen MR) is 106 cm³/mol. The van der Waals surface area contributed by atoms with Gasteiger partial charge >= 0.3 is 5.97 Å². The van der Waals surface area contributed by atoms with Crippen molar-refractivity contribution in [3.05, 3.63) is 89.0 Å². The highest BCUT2D eigenvalue weighted by atomic mass is 19.2. The molecule has 0 bridgehead atoms. The zero-order valence-electron chi connectivity index (χ0n) is 16.0. The molecule has 0 fully saturated rings. The molecular formula is C22H16F4N2O2. The highest BCUT2D eigenvalue weighted by Crippen LogP contribution is 2.37. The highest BCUT2D eigenvalue weighted by Gasteiger charge is 2.30. The van der Waals surface area contributed by atoms with E-state index in [2.05, 4.69) is 11.7 Å². The Morgan fingerprint density at radius 2 is 1.47 bits per heavy atom. The van der Waals surface area contributed by atoms with Gasteiger partial charge in [0.15, 0.2) is 23.3 Å². The molecule has 2 aromatic rings. The van der Waals surface area contributed by atoms with Crippen molar-refractivity contribution < 1.29 is 27.5 Å². The molecule has 0 radical (unpaired) electrons. The normalized spacial score (nSPS) is 15.1. The largest absolute Gasteiger partial charge is 0.478 e. The van der Waals surface area contributed by atoms with Gasteiger partial charge in [0.25, 0.3) is 0 Å². The Morgan fingerprint density at radius 3 is 1.97 bits per heavy atom. The lowest BCUT2D eigenvalue weighted by atomic mass is 9.88. The molecule has 3 rings (SSSR count). The van der Waals surface area contributed by atoms with E-state index in [1.165, 1.54) is 29.3 Å². The van der Waals surface area contributed by atoms with Gasteiger partial charge in [0.2, 0.25) is 0 Å². The zero-order valence-corrected chi connectivity index (χ0v) is 16.0. The van der Waals surface area contributed by atoms with E-state index in [1.54, 1.807) is 20.2 Å². The number of hydrazone groups is 1. The summed E-state index contributed by atoms with van der Waals surface area (Å²) in [6.07, 6.45) is 2.03. The van der Waals surface area contributed by atoms with Gasteiger partial charge in [-0.15, -0.1) is 0 Å². The minimum Gasteiger partial charge on any atom is -0.478 e. The Balaban J connectivity index is 2.25. The van der Waals surface area contributed by atoms with Crippen molar-refractivity contribution >= 4 is 17.3 Å². The SMILES string of the molecule is C=C1C=C(c2c(F)c(F)c(-c3ccccc3)c(F)c2F)C=C(C(=O)O)/C1=N/N(C)C. The van der Waals surface area contributed by atoms with E-state index in [9.17, 15) is 27.5 Å². The molecule has 0 atom stereocenters. The molecule has 0 heterocycles. The highest BCUT2D eigenvalue weighted by molar-refractivity contribution is 6.30. The van der Waals surface area contributed by atoms with Gasteiger partial charge in [0.1, 0.15) is 5.71 Å². The molecule has 0 amide bonds. The molecule has 30 heavy (non-hydrogen) atoms. The van der Waals surface area contributed by atoms with Crippen LogP contribution in [0.1, 0.15) is 5.56 Å². The van der Waals surface area contributed by atoms with Gasteiger partial charge in [-0.05, 0) is 28.9 Å². The minimum absolute atomic E-state index is 0.0188. The zero-order chi connectivity index (χ0) is 22.2. The number of rotatable bonds is 4. The summed E-state index contributed by atoms with van der Waals surface area (Å²) in [5.41, 5.74) is -2.72. The van der Waals surface area contributed by atoms with Crippen LogP contribution in [0.2, 0.25) is 0 Å². The van der Waals surface area contributed by atoms with Gasteiger partial charge < -0.3 is 10.1 Å². The molecule has 1 N–H and O–H groups in total. The Labute approximate surface area is 169 Å². The third-order valence-corrected chi connectivity index (χ3v) is 4.33. The first-order valence-corrected chi connectivity index (χ1v) is 8.67. The number of hydrogen-bond donors (Lipinski definition) is 1. The van der Waals surface area contributed by atoms with Crippen molar-refractivity contribution in [2.75, 3.05) is 14.1 Å². The van der Waals surface area contributed by atoms with Crippen molar-refractivity contribution in [2.45, 2.75) is 0 Å². The summed E-state index contributed by atoms with van der Waals surface area (Å²) in [6.45, 7) is 3.66. The lowest BCUT2D eigenvalue weighted by Crippen LogP contribution is -2.20. The molecule has 0 aromatic heterocycles. The van der Waals surface area contributed by atoms with Gasteiger partial charge in [0, 0.05) is 14.1 Å². The van der Waals surface area contributed by atoms with E-state index in [0.29, 0.717) is 0 Å². The Bertz CT molecular complexity index is 1120. The van der Waals surface area contributed by atoms with Gasteiger partial charge in [-0.25, -0.2) is 22.4 Å². The summed E-state index contributed by atoms with van der Waals surface area (Å²) < 4.78 is 59.2. The number of halogens is 4. The Kier molecular flexibility index (Phi) is 5.60. The third-order valence-electron chi connectivity index (χ3n) is 4.33. The average molecular weight is 416 g/mol. The number of carbonyl (C=O) groups is 1. The van der Waals surface area contributed by atoms with Gasteiger partial charge in [-0.1, -0.05) is 36.9 Å². The minimum atomic E-state index is -1.64. The van der Waals surface area contributed by atoms with Gasteiger partial charge in [-0.3, -0.25) is 0 Å². The van der Waals surface area contributed by atoms with E-state index >= 15 is 0 Å². The first-order chi connectivity index (χ1) is 14.1. The van der Waals surface area contributed by atoms with Crippen molar-refractivity contribution in [2.24, 2.45) is 5.10 Å². The third kappa shape index (κ3) is 3.63. The van der Waals surface area contributed by atoms with Crippen LogP contribution in [0.15, 0.2) is 65.3 Å². The average Bonchev–Trinajstić information content (AvgIpc) is 2.69. The molecule has 2 aromatic carbocycles. The molecule has 0 spiro atoms. The molecule has 4 nitrogen and oxygen atoms in total. The van der Waals surface area contributed by atoms with E-state index in [4.69, 9.17) is 0 Å². The summed E-state index contributed by atoms with van der Waals surface area (Å²) in [4.78, 5) is 11.6. The van der Waals surface area contributed by atoms with Crippen LogP contribution in [0.4, 0.5) is 17.6 Å². The Hall–Kier alpha value is -3.68. The summed E-state index contributed by atoms with van der Waals surface area (Å²) in [5, 5.41) is 14.8.